The van der Waals surface area contributed by atoms with Crippen molar-refractivity contribution < 1.29 is 38.0 Å². The van der Waals surface area contributed by atoms with Crippen molar-refractivity contribution in [2.24, 2.45) is 5.73 Å². The molecule has 6 heterocycles. The van der Waals surface area contributed by atoms with Crippen molar-refractivity contribution in [3.05, 3.63) is 91.8 Å². The Balaban J connectivity index is 0.000000213. The second kappa shape index (κ2) is 43.0. The quantitative estimate of drug-likeness (QED) is 0.00710. The number of sulfone groups is 1. The molecule has 13 N–H and O–H groups in total. The summed E-state index contributed by atoms with van der Waals surface area (Å²) in [4.78, 5) is 69.5. The van der Waals surface area contributed by atoms with E-state index in [1.54, 1.807) is 18.0 Å². The maximum atomic E-state index is 11.6. The molecule has 560 valence electrons. The Bertz CT molecular complexity index is 3770. The van der Waals surface area contributed by atoms with Crippen LogP contribution in [0.3, 0.4) is 0 Å². The second-order valence-corrected chi connectivity index (χ2v) is 35.3. The van der Waals surface area contributed by atoms with Crippen molar-refractivity contribution in [1.29, 1.82) is 0 Å². The summed E-state index contributed by atoms with van der Waals surface area (Å²) in [6.45, 7) is 2.50. The number of halogens is 9. The number of thioether (sulfide) groups is 3. The van der Waals surface area contributed by atoms with E-state index < -0.39 is 52.4 Å². The fourth-order valence-electron chi connectivity index (χ4n) is 8.43. The molecule has 43 heteroatoms. The van der Waals surface area contributed by atoms with Crippen LogP contribution in [-0.2, 0) is 9.84 Å². The van der Waals surface area contributed by atoms with Gasteiger partial charge in [0, 0.05) is 54.9 Å². The number of nitro groups is 1. The number of aliphatic hydroxyl groups excluding tert-OH is 1. The molecular weight excluding hydrogens is 1700 g/mol. The summed E-state index contributed by atoms with van der Waals surface area (Å²) in [6.07, 6.45) is 22.7. The molecular formula is C59H81BCl9N19O9S4Sn. The molecule has 7 aliphatic carbocycles. The molecule has 7 saturated carbocycles. The molecule has 0 saturated heterocycles. The van der Waals surface area contributed by atoms with Gasteiger partial charge < -0.3 is 58.4 Å². The van der Waals surface area contributed by atoms with E-state index in [4.69, 9.17) is 148 Å². The van der Waals surface area contributed by atoms with E-state index in [1.165, 1.54) is 81.0 Å². The number of amides is 1. The fraction of sp³-hybridized carbons (Fsp3) is 0.559. The number of carbonyl (C=O) groups is 1. The van der Waals surface area contributed by atoms with Gasteiger partial charge in [-0.1, -0.05) is 129 Å². The van der Waals surface area contributed by atoms with E-state index in [-0.39, 0.29) is 64.8 Å². The van der Waals surface area contributed by atoms with Crippen molar-refractivity contribution >= 4 is 205 Å². The number of rotatable bonds is 19. The molecule has 6 aromatic heterocycles. The molecule has 6 aromatic rings. The first-order valence-electron chi connectivity index (χ1n) is 31.5. The number of hydrogen-bond acceptors (Lipinski definition) is 29. The number of anilines is 4. The number of primary amides is 1. The Morgan fingerprint density at radius 1 is 0.569 bits per heavy atom. The number of likely N-dealkylation sites (N-methyl/N-ethyl adjacent to an activating group) is 2. The predicted octanol–water partition coefficient (Wildman–Crippen LogP) is 12.3. The maximum absolute atomic E-state index is 11.6. The third-order valence-electron chi connectivity index (χ3n) is 14.9. The first-order chi connectivity index (χ1) is 48.1. The van der Waals surface area contributed by atoms with Crippen LogP contribution in [0.2, 0.25) is 41.8 Å². The van der Waals surface area contributed by atoms with Gasteiger partial charge in [0.15, 0.2) is 25.8 Å². The standard InChI is InChI=1S/C14H22N4O.C11H15N3O2S.C11H15N3S.C6H3Cl3N2O.C5H3Cl2N3O2S.C5H5Cl2N3S.C4H11NO.C3H7BO2.2ClH.Sn/c1-18(2)7-8-19-14-16-12(9-3-4-9)11(15)13(17-14)10-5-6-10;1-17(15,16)11-13-9(6-2-3-6)8(12)10(14-11)7-4-5-7;1-15-11-13-9(6-2-3-6)8(12)10(14-11)7-4-5-7;7-3-1-2(6(10)12)4(8)11-5(3)9;1-13-5-8-3(6)2(10(11)12)4(7)9-5;1-11-5-9-3(6)2(8)4(7)10-5;1-5(2)3-4-6;5-4(6)3-1-2-3;;;/h9-10H,3-8,15H2,1-2H3;6-7H,2-5,12H2,1H3;6-7H,2-5,12H2,1H3;1H,(H2,10,12);1H3;8H2,1H3;6H,3-4H2,1-2H3;3,5-6H,1-2H2;2*1H;/q;;;;;;;;;;+2/p-2. The number of nitrogens with two attached hydrogens (primary N) is 5. The first-order valence-corrected chi connectivity index (χ1v) is 46.9. The van der Waals surface area contributed by atoms with Crippen molar-refractivity contribution in [3.63, 3.8) is 0 Å². The van der Waals surface area contributed by atoms with Crippen LogP contribution >= 0.6 is 134 Å². The Kier molecular flexibility index (Phi) is 37.7. The van der Waals surface area contributed by atoms with E-state index in [0.717, 1.165) is 109 Å². The second-order valence-electron chi connectivity index (χ2n) is 24.3. The van der Waals surface area contributed by atoms with Gasteiger partial charge in [-0.2, -0.15) is 9.97 Å². The van der Waals surface area contributed by atoms with Gasteiger partial charge in [0.25, 0.3) is 5.91 Å². The summed E-state index contributed by atoms with van der Waals surface area (Å²) in [5, 5.41) is 36.8. The van der Waals surface area contributed by atoms with Gasteiger partial charge >= 0.3 is 55.5 Å². The summed E-state index contributed by atoms with van der Waals surface area (Å²) < 4.78 is 28.8. The van der Waals surface area contributed by atoms with Crippen LogP contribution < -0.4 is 33.4 Å². The monoisotopic (exact) mass is 1770 g/mol. The average Bonchev–Trinajstić information content (AvgIpc) is 1.64. The van der Waals surface area contributed by atoms with Gasteiger partial charge in [-0.3, -0.25) is 14.9 Å². The summed E-state index contributed by atoms with van der Waals surface area (Å²) in [7, 11) is 13.4. The minimum atomic E-state index is -3.35. The molecule has 102 heavy (non-hydrogen) atoms. The third kappa shape index (κ3) is 30.4. The van der Waals surface area contributed by atoms with E-state index in [2.05, 4.69) is 59.7 Å². The van der Waals surface area contributed by atoms with Crippen LogP contribution in [0, 0.1) is 10.1 Å². The zero-order valence-corrected chi connectivity index (χ0v) is 69.8. The van der Waals surface area contributed by atoms with Gasteiger partial charge in [-0.15, -0.1) is 0 Å². The number of pyridine rings is 1. The van der Waals surface area contributed by atoms with E-state index >= 15 is 0 Å². The van der Waals surface area contributed by atoms with Crippen molar-refractivity contribution in [3.8, 4) is 6.01 Å². The van der Waals surface area contributed by atoms with Crippen LogP contribution in [0.5, 0.6) is 6.01 Å². The number of ether oxygens (including phenoxy) is 1. The van der Waals surface area contributed by atoms with E-state index in [0.29, 0.717) is 64.1 Å². The molecule has 0 spiro atoms. The summed E-state index contributed by atoms with van der Waals surface area (Å²) in [5.41, 5.74) is 36.8. The number of nitrogen functional groups attached to an aromatic ring is 4. The molecule has 28 nitrogen and oxygen atoms in total. The van der Waals surface area contributed by atoms with Crippen LogP contribution in [0.4, 0.5) is 28.4 Å². The zero-order valence-electron chi connectivity index (χ0n) is 56.9. The molecule has 2 radical (unpaired) electrons. The Hall–Kier alpha value is -3.31. The number of hydrogen-bond donors (Lipinski definition) is 8. The van der Waals surface area contributed by atoms with Crippen molar-refractivity contribution in [1.82, 2.24) is 64.6 Å². The van der Waals surface area contributed by atoms with Crippen LogP contribution in [0.15, 0.2) is 26.7 Å². The number of aliphatic hydroxyl groups is 1. The molecule has 13 rings (SSSR count). The van der Waals surface area contributed by atoms with Crippen molar-refractivity contribution in [2.45, 2.75) is 152 Å². The van der Waals surface area contributed by atoms with E-state index in [9.17, 15) is 23.3 Å². The molecule has 7 aliphatic rings. The molecule has 0 aliphatic heterocycles. The summed E-state index contributed by atoms with van der Waals surface area (Å²) >= 11 is 42.3. The molecule has 0 bridgehead atoms. The van der Waals surface area contributed by atoms with Gasteiger partial charge in [0.05, 0.1) is 73.3 Å². The van der Waals surface area contributed by atoms with Gasteiger partial charge in [-0.25, -0.2) is 53.3 Å². The Labute approximate surface area is 658 Å². The number of aromatic nitrogens is 11. The Morgan fingerprint density at radius 3 is 1.17 bits per heavy atom. The minimum absolute atomic E-state index is 0.0445. The van der Waals surface area contributed by atoms with Gasteiger partial charge in [0.1, 0.15) is 22.6 Å². The molecule has 0 aromatic carbocycles. The third-order valence-corrected chi connectivity index (χ3v) is 19.5. The topological polar surface area (TPSA) is 443 Å². The van der Waals surface area contributed by atoms with Gasteiger partial charge in [-0.05, 0) is 136 Å². The SMILES string of the molecule is CN(C)CCO.CN(C)CCOc1nc(C2CC2)c(N)c(C2CC2)n1.CS(=O)(=O)c1nc(C2CC2)c(N)c(C2CC2)n1.CSc1nc(C2CC2)c(N)c(C2CC2)n1.CSc1nc(Cl)c(N)c(Cl)n1.CSc1nc(Cl)c([N+](=O)[O-])c(Cl)n1.NC(=O)c1cc(Cl)c(Cl)nc1Cl.OB(O)C1CC1.[Cl][Sn][Cl]. The normalized spacial score (nSPS) is 15.5. The summed E-state index contributed by atoms with van der Waals surface area (Å²) in [6, 6.07) is 1.79. The number of nitrogens with zero attached hydrogens (tertiary/aromatic N) is 14. The predicted molar refractivity (Wildman–Crippen MR) is 413 cm³/mol. The van der Waals surface area contributed by atoms with Crippen molar-refractivity contribution in [2.75, 3.05) is 102 Å². The van der Waals surface area contributed by atoms with Crippen LogP contribution in [0.1, 0.15) is 170 Å². The average molecular weight is 1780 g/mol. The van der Waals surface area contributed by atoms with Crippen LogP contribution in [0.25, 0.3) is 0 Å². The van der Waals surface area contributed by atoms with Gasteiger partial charge in [0.2, 0.25) is 25.3 Å². The fourth-order valence-corrected chi connectivity index (χ4v) is 11.7. The van der Waals surface area contributed by atoms with Crippen LogP contribution in [-0.4, -0.2) is 205 Å². The molecule has 0 atom stereocenters. The molecule has 0 unspecified atom stereocenters. The summed E-state index contributed by atoms with van der Waals surface area (Å²) in [5.74, 6) is 2.53. The van der Waals surface area contributed by atoms with E-state index in [1.807, 2.05) is 45.6 Å². The molecule has 7 fully saturated rings. The molecule has 1 amide bonds. The first kappa shape index (κ1) is 89.3. The number of carbonyl (C=O) groups excluding carboxylic acids is 1. The zero-order chi connectivity index (χ0) is 76.0. The Morgan fingerprint density at radius 2 is 0.902 bits per heavy atom.